The van der Waals surface area contributed by atoms with E-state index in [-0.39, 0.29) is 22.0 Å². The van der Waals surface area contributed by atoms with Gasteiger partial charge in [0.05, 0.1) is 26.7 Å². The molecule has 0 bridgehead atoms. The van der Waals surface area contributed by atoms with Crippen LogP contribution in [0.25, 0.3) is 0 Å². The molecule has 2 rings (SSSR count). The van der Waals surface area contributed by atoms with Gasteiger partial charge in [0.2, 0.25) is 10.0 Å². The molecule has 0 fully saturated rings. The lowest BCUT2D eigenvalue weighted by atomic mass is 10.1. The second-order valence-electron chi connectivity index (χ2n) is 6.26. The van der Waals surface area contributed by atoms with Crippen LogP contribution < -0.4 is 10.0 Å². The number of benzene rings is 2. The van der Waals surface area contributed by atoms with E-state index in [9.17, 15) is 31.2 Å². The first-order valence-electron chi connectivity index (χ1n) is 8.79. The van der Waals surface area contributed by atoms with E-state index >= 15 is 0 Å². The lowest BCUT2D eigenvalue weighted by molar-refractivity contribution is -0.137. The number of aryl methyl sites for hydroxylation is 1. The van der Waals surface area contributed by atoms with Crippen molar-refractivity contribution in [2.45, 2.75) is 24.9 Å². The number of hydrogen-bond acceptors (Lipinski definition) is 5. The Balaban J connectivity index is 2.15. The summed E-state index contributed by atoms with van der Waals surface area (Å²) in [5.74, 6) is -2.07. The van der Waals surface area contributed by atoms with Crippen molar-refractivity contribution in [3.8, 4) is 0 Å². The van der Waals surface area contributed by atoms with Crippen LogP contribution in [0.5, 0.6) is 0 Å². The number of hydrogen-bond donors (Lipinski definition) is 2. The van der Waals surface area contributed by atoms with Crippen LogP contribution in [-0.4, -0.2) is 33.4 Å². The van der Waals surface area contributed by atoms with Crippen LogP contribution >= 0.6 is 11.6 Å². The summed E-state index contributed by atoms with van der Waals surface area (Å²) in [6.45, 7) is 2.34. The lowest BCUT2D eigenvalue weighted by Crippen LogP contribution is -2.24. The van der Waals surface area contributed by atoms with Crippen molar-refractivity contribution in [2.24, 2.45) is 0 Å². The molecule has 1 amide bonds. The predicted molar refractivity (Wildman–Crippen MR) is 107 cm³/mol. The van der Waals surface area contributed by atoms with Crippen molar-refractivity contribution in [3.63, 3.8) is 0 Å². The molecular formula is C19H18ClF3N2O5S. The molecule has 2 N–H and O–H groups in total. The summed E-state index contributed by atoms with van der Waals surface area (Å²) in [6.07, 6.45) is -4.76. The fraction of sp³-hybridized carbons (Fsp3) is 0.263. The van der Waals surface area contributed by atoms with Crippen LogP contribution in [0.3, 0.4) is 0 Å². The molecule has 0 saturated carbocycles. The van der Waals surface area contributed by atoms with Crippen molar-refractivity contribution >= 4 is 39.2 Å². The highest BCUT2D eigenvalue weighted by Gasteiger charge is 2.35. The molecule has 2 aromatic carbocycles. The molecule has 0 heterocycles. The molecular weight excluding hydrogens is 461 g/mol. The van der Waals surface area contributed by atoms with E-state index in [4.69, 9.17) is 16.3 Å². The van der Waals surface area contributed by atoms with E-state index in [1.165, 1.54) is 19.1 Å². The van der Waals surface area contributed by atoms with Crippen molar-refractivity contribution in [3.05, 3.63) is 58.1 Å². The molecule has 0 atom stereocenters. The number of carbonyl (C=O) groups is 2. The maximum Gasteiger partial charge on any atom is 0.418 e. The zero-order valence-electron chi connectivity index (χ0n) is 16.3. The fourth-order valence-corrected chi connectivity index (χ4v) is 3.82. The minimum Gasteiger partial charge on any atom is -0.452 e. The summed E-state index contributed by atoms with van der Waals surface area (Å²) in [5, 5.41) is 1.64. The number of esters is 1. The van der Waals surface area contributed by atoms with Gasteiger partial charge in [-0.15, -0.1) is 0 Å². The number of alkyl halides is 3. The number of halogens is 4. The molecule has 7 nitrogen and oxygen atoms in total. The lowest BCUT2D eigenvalue weighted by Gasteiger charge is -2.15. The second kappa shape index (κ2) is 9.67. The number of nitrogens with one attached hydrogen (secondary N) is 2. The van der Waals surface area contributed by atoms with Gasteiger partial charge < -0.3 is 10.1 Å². The number of amides is 1. The number of carbonyl (C=O) groups excluding carboxylic acids is 2. The van der Waals surface area contributed by atoms with Crippen molar-refractivity contribution in [1.82, 2.24) is 4.72 Å². The normalized spacial score (nSPS) is 11.8. The van der Waals surface area contributed by atoms with Crippen LogP contribution in [-0.2, 0) is 25.7 Å². The Hall–Kier alpha value is -2.63. The first-order valence-corrected chi connectivity index (χ1v) is 10.7. The molecule has 0 aliphatic rings. The summed E-state index contributed by atoms with van der Waals surface area (Å²) >= 11 is 5.76. The topological polar surface area (TPSA) is 102 Å². The van der Waals surface area contributed by atoms with Crippen LogP contribution in [0.4, 0.5) is 18.9 Å². The Bertz CT molecular complexity index is 1100. The molecule has 0 saturated heterocycles. The first-order chi connectivity index (χ1) is 14.4. The molecule has 0 aliphatic heterocycles. The third-order valence-corrected chi connectivity index (χ3v) is 5.85. The molecule has 0 aromatic heterocycles. The SMILES string of the molecule is CCNS(=O)(=O)c1ccc(C)c(C(=O)OCC(=O)Nc2c(Cl)cccc2C(F)(F)F)c1. The zero-order valence-corrected chi connectivity index (χ0v) is 17.9. The summed E-state index contributed by atoms with van der Waals surface area (Å²) in [7, 11) is -3.84. The highest BCUT2D eigenvalue weighted by atomic mass is 35.5. The third-order valence-electron chi connectivity index (χ3n) is 3.99. The third kappa shape index (κ3) is 6.18. The van der Waals surface area contributed by atoms with E-state index in [1.54, 1.807) is 6.92 Å². The van der Waals surface area contributed by atoms with Gasteiger partial charge in [-0.25, -0.2) is 17.9 Å². The average molecular weight is 479 g/mol. The zero-order chi connectivity index (χ0) is 23.4. The molecule has 12 heteroatoms. The smallest absolute Gasteiger partial charge is 0.418 e. The number of rotatable bonds is 7. The van der Waals surface area contributed by atoms with Crippen molar-refractivity contribution < 1.29 is 35.9 Å². The highest BCUT2D eigenvalue weighted by Crippen LogP contribution is 2.38. The van der Waals surface area contributed by atoms with E-state index in [2.05, 4.69) is 4.72 Å². The van der Waals surface area contributed by atoms with Gasteiger partial charge in [-0.2, -0.15) is 13.2 Å². The molecule has 0 unspecified atom stereocenters. The second-order valence-corrected chi connectivity index (χ2v) is 8.44. The quantitative estimate of drug-likeness (QED) is 0.590. The molecule has 2 aromatic rings. The highest BCUT2D eigenvalue weighted by molar-refractivity contribution is 7.89. The Morgan fingerprint density at radius 1 is 1.16 bits per heavy atom. The van der Waals surface area contributed by atoms with Crippen LogP contribution in [0.15, 0.2) is 41.3 Å². The number of ether oxygens (including phenoxy) is 1. The first kappa shape index (κ1) is 24.6. The maximum atomic E-state index is 13.1. The van der Waals surface area contributed by atoms with Gasteiger partial charge in [0.25, 0.3) is 5.91 Å². The van der Waals surface area contributed by atoms with Crippen LogP contribution in [0, 0.1) is 6.92 Å². The van der Waals surface area contributed by atoms with Crippen molar-refractivity contribution in [1.29, 1.82) is 0 Å². The van der Waals surface area contributed by atoms with Gasteiger partial charge >= 0.3 is 12.1 Å². The average Bonchev–Trinajstić information content (AvgIpc) is 2.67. The van der Waals surface area contributed by atoms with Gasteiger partial charge in [-0.3, -0.25) is 4.79 Å². The molecule has 0 spiro atoms. The van der Waals surface area contributed by atoms with Crippen LogP contribution in [0.1, 0.15) is 28.4 Å². The monoisotopic (exact) mass is 478 g/mol. The Morgan fingerprint density at radius 3 is 2.45 bits per heavy atom. The Kier molecular flexibility index (Phi) is 7.68. The summed E-state index contributed by atoms with van der Waals surface area (Å²) in [5.41, 5.74) is -1.55. The minimum absolute atomic E-state index is 0.111. The number of para-hydroxylation sites is 1. The largest absolute Gasteiger partial charge is 0.452 e. The summed E-state index contributed by atoms with van der Waals surface area (Å²) in [6, 6.07) is 6.76. The molecule has 0 aliphatic carbocycles. The standard InChI is InChI=1S/C19H18ClF3N2O5S/c1-3-24-31(28,29)12-8-7-11(2)13(9-12)18(27)30-10-16(26)25-17-14(19(21,22)23)5-4-6-15(17)20/h4-9,24H,3,10H2,1-2H3,(H,25,26). The van der Waals surface area contributed by atoms with Crippen molar-refractivity contribution in [2.75, 3.05) is 18.5 Å². The van der Waals surface area contributed by atoms with Gasteiger partial charge in [-0.05, 0) is 36.8 Å². The molecule has 0 radical (unpaired) electrons. The number of sulfonamides is 1. The number of anilines is 1. The molecule has 31 heavy (non-hydrogen) atoms. The van der Waals surface area contributed by atoms with E-state index < -0.39 is 45.9 Å². The molecule has 168 valence electrons. The van der Waals surface area contributed by atoms with Gasteiger partial charge in [-0.1, -0.05) is 30.7 Å². The Morgan fingerprint density at radius 2 is 1.84 bits per heavy atom. The van der Waals surface area contributed by atoms with Gasteiger partial charge in [0.15, 0.2) is 6.61 Å². The Labute approximate surface area is 181 Å². The summed E-state index contributed by atoms with van der Waals surface area (Å²) in [4.78, 5) is 24.2. The summed E-state index contributed by atoms with van der Waals surface area (Å²) < 4.78 is 70.6. The van der Waals surface area contributed by atoms with E-state index in [0.717, 1.165) is 24.3 Å². The predicted octanol–water partition coefficient (Wildman–Crippen LogP) is 3.76. The maximum absolute atomic E-state index is 13.1. The minimum atomic E-state index is -4.76. The van der Waals surface area contributed by atoms with Gasteiger partial charge in [0, 0.05) is 6.54 Å². The fourth-order valence-electron chi connectivity index (χ4n) is 2.53. The van der Waals surface area contributed by atoms with E-state index in [0.29, 0.717) is 5.56 Å². The van der Waals surface area contributed by atoms with Gasteiger partial charge in [0.1, 0.15) is 0 Å². The van der Waals surface area contributed by atoms with Crippen LogP contribution in [0.2, 0.25) is 5.02 Å². The van der Waals surface area contributed by atoms with E-state index in [1.807, 2.05) is 5.32 Å².